The summed E-state index contributed by atoms with van der Waals surface area (Å²) in [6.07, 6.45) is 1.67. The maximum absolute atomic E-state index is 13.3. The normalized spacial score (nSPS) is 10.5. The van der Waals surface area contributed by atoms with Gasteiger partial charge in [0.2, 0.25) is 11.1 Å². The Morgan fingerprint density at radius 3 is 2.96 bits per heavy atom. The first kappa shape index (κ1) is 16.1. The van der Waals surface area contributed by atoms with Gasteiger partial charge in [-0.3, -0.25) is 9.78 Å². The molecule has 122 valence electrons. The predicted molar refractivity (Wildman–Crippen MR) is 85.9 cm³/mol. The summed E-state index contributed by atoms with van der Waals surface area (Å²) in [5, 5.41) is 14.4. The van der Waals surface area contributed by atoms with Crippen molar-refractivity contribution in [3.63, 3.8) is 0 Å². The Balaban J connectivity index is 1.57. The molecule has 0 saturated heterocycles. The first-order valence-electron chi connectivity index (χ1n) is 7.06. The zero-order chi connectivity index (χ0) is 16.8. The van der Waals surface area contributed by atoms with Gasteiger partial charge >= 0.3 is 0 Å². The molecule has 2 heterocycles. The van der Waals surface area contributed by atoms with Crippen LogP contribution in [0.2, 0.25) is 0 Å². The lowest BCUT2D eigenvalue weighted by Gasteiger charge is -2.05. The van der Waals surface area contributed by atoms with Crippen LogP contribution < -0.4 is 5.32 Å². The maximum atomic E-state index is 13.3. The largest absolute Gasteiger partial charge is 0.350 e. The fourth-order valence-corrected chi connectivity index (χ4v) is 2.63. The van der Waals surface area contributed by atoms with E-state index in [4.69, 9.17) is 0 Å². The molecule has 1 amide bonds. The number of aromatic nitrogens is 5. The molecule has 0 aliphatic heterocycles. The number of carbonyl (C=O) groups excluding carboxylic acids is 1. The van der Waals surface area contributed by atoms with Crippen LogP contribution in [0, 0.1) is 5.82 Å². The number of benzene rings is 1. The van der Waals surface area contributed by atoms with Crippen molar-refractivity contribution in [1.29, 1.82) is 0 Å². The van der Waals surface area contributed by atoms with Crippen molar-refractivity contribution in [3.05, 3.63) is 60.2 Å². The summed E-state index contributed by atoms with van der Waals surface area (Å²) in [7, 11) is 0. The zero-order valence-electron chi connectivity index (χ0n) is 12.5. The van der Waals surface area contributed by atoms with Gasteiger partial charge in [0.1, 0.15) is 5.82 Å². The number of hydrogen-bond donors (Lipinski definition) is 1. The van der Waals surface area contributed by atoms with Gasteiger partial charge in [-0.15, -0.1) is 5.10 Å². The fraction of sp³-hybridized carbons (Fsp3) is 0.133. The molecule has 0 fully saturated rings. The Bertz CT molecular complexity index is 826. The van der Waals surface area contributed by atoms with Crippen molar-refractivity contribution in [2.45, 2.75) is 11.7 Å². The molecule has 3 rings (SSSR count). The number of pyridine rings is 1. The van der Waals surface area contributed by atoms with Crippen LogP contribution >= 0.6 is 11.8 Å². The first-order valence-corrected chi connectivity index (χ1v) is 8.04. The molecule has 1 aromatic carbocycles. The van der Waals surface area contributed by atoms with E-state index in [0.29, 0.717) is 17.4 Å². The van der Waals surface area contributed by atoms with Gasteiger partial charge in [-0.25, -0.2) is 4.39 Å². The van der Waals surface area contributed by atoms with Crippen molar-refractivity contribution in [2.24, 2.45) is 0 Å². The molecule has 0 aliphatic rings. The summed E-state index contributed by atoms with van der Waals surface area (Å²) in [4.78, 5) is 16.0. The van der Waals surface area contributed by atoms with E-state index in [2.05, 4.69) is 25.8 Å². The number of thioether (sulfide) groups is 1. The molecule has 24 heavy (non-hydrogen) atoms. The van der Waals surface area contributed by atoms with Crippen LogP contribution in [-0.4, -0.2) is 36.9 Å². The highest BCUT2D eigenvalue weighted by Crippen LogP contribution is 2.18. The molecule has 3 aromatic rings. The number of amides is 1. The van der Waals surface area contributed by atoms with Crippen molar-refractivity contribution >= 4 is 17.7 Å². The van der Waals surface area contributed by atoms with Gasteiger partial charge < -0.3 is 5.32 Å². The lowest BCUT2D eigenvalue weighted by atomic mass is 10.3. The zero-order valence-corrected chi connectivity index (χ0v) is 13.3. The summed E-state index contributed by atoms with van der Waals surface area (Å²) in [5.41, 5.74) is 1.27. The second kappa shape index (κ2) is 7.64. The number of nitrogens with zero attached hydrogens (tertiary/aromatic N) is 5. The van der Waals surface area contributed by atoms with Gasteiger partial charge in [0.05, 0.1) is 23.7 Å². The molecule has 0 saturated carbocycles. The van der Waals surface area contributed by atoms with Crippen LogP contribution in [0.1, 0.15) is 5.69 Å². The number of nitrogens with one attached hydrogen (secondary N) is 1. The van der Waals surface area contributed by atoms with E-state index in [1.807, 2.05) is 18.2 Å². The van der Waals surface area contributed by atoms with Gasteiger partial charge in [-0.05, 0) is 40.8 Å². The van der Waals surface area contributed by atoms with Gasteiger partial charge in [0.15, 0.2) is 0 Å². The minimum Gasteiger partial charge on any atom is -0.350 e. The van der Waals surface area contributed by atoms with E-state index in [1.54, 1.807) is 18.3 Å². The summed E-state index contributed by atoms with van der Waals surface area (Å²) in [5.74, 6) is -0.408. The average Bonchev–Trinajstić information content (AvgIpc) is 3.08. The quantitative estimate of drug-likeness (QED) is 0.684. The molecule has 0 atom stereocenters. The van der Waals surface area contributed by atoms with E-state index in [0.717, 1.165) is 5.69 Å². The molecule has 7 nitrogen and oxygen atoms in total. The fourth-order valence-electron chi connectivity index (χ4n) is 1.91. The highest BCUT2D eigenvalue weighted by molar-refractivity contribution is 7.99. The van der Waals surface area contributed by atoms with E-state index in [-0.39, 0.29) is 17.5 Å². The van der Waals surface area contributed by atoms with Crippen LogP contribution in [0.15, 0.2) is 53.8 Å². The molecule has 1 N–H and O–H groups in total. The van der Waals surface area contributed by atoms with E-state index >= 15 is 0 Å². The molecule has 0 radical (unpaired) electrons. The molecule has 0 spiro atoms. The molecule has 9 heteroatoms. The Hall–Kier alpha value is -2.81. The van der Waals surface area contributed by atoms with Crippen molar-refractivity contribution in [1.82, 2.24) is 30.5 Å². The van der Waals surface area contributed by atoms with Gasteiger partial charge in [0, 0.05) is 6.20 Å². The third kappa shape index (κ3) is 4.13. The summed E-state index contributed by atoms with van der Waals surface area (Å²) >= 11 is 1.17. The van der Waals surface area contributed by atoms with E-state index in [1.165, 1.54) is 28.6 Å². The number of tetrazole rings is 1. The van der Waals surface area contributed by atoms with Crippen LogP contribution in [0.25, 0.3) is 5.69 Å². The molecular weight excluding hydrogens is 331 g/mol. The first-order chi connectivity index (χ1) is 11.7. The topological polar surface area (TPSA) is 85.6 Å². The Morgan fingerprint density at radius 2 is 2.17 bits per heavy atom. The van der Waals surface area contributed by atoms with E-state index in [9.17, 15) is 9.18 Å². The second-order valence-electron chi connectivity index (χ2n) is 4.74. The second-order valence-corrected chi connectivity index (χ2v) is 5.68. The lowest BCUT2D eigenvalue weighted by Crippen LogP contribution is -2.25. The minimum absolute atomic E-state index is 0.141. The summed E-state index contributed by atoms with van der Waals surface area (Å²) in [6.45, 7) is 0.356. The summed E-state index contributed by atoms with van der Waals surface area (Å²) in [6, 6.07) is 11.4. The SMILES string of the molecule is O=C(CSc1nnnn1-c1cccc(F)c1)NCc1ccccn1. The molecule has 2 aromatic heterocycles. The minimum atomic E-state index is -0.382. The standard InChI is InChI=1S/C15H13FN6OS/c16-11-4-3-6-13(8-11)22-15(19-20-21-22)24-10-14(23)18-9-12-5-1-2-7-17-12/h1-8H,9-10H2,(H,18,23). The molecule has 0 aliphatic carbocycles. The highest BCUT2D eigenvalue weighted by Gasteiger charge is 2.12. The van der Waals surface area contributed by atoms with Crippen molar-refractivity contribution < 1.29 is 9.18 Å². The third-order valence-corrected chi connectivity index (χ3v) is 3.94. The van der Waals surface area contributed by atoms with Crippen molar-refractivity contribution in [3.8, 4) is 5.69 Å². The Labute approximate surface area is 141 Å². The predicted octanol–water partition coefficient (Wildman–Crippen LogP) is 1.60. The van der Waals surface area contributed by atoms with Crippen LogP contribution in [0.3, 0.4) is 0 Å². The number of hydrogen-bond acceptors (Lipinski definition) is 6. The lowest BCUT2D eigenvalue weighted by molar-refractivity contribution is -0.118. The Kier molecular flexibility index (Phi) is 5.12. The van der Waals surface area contributed by atoms with Crippen molar-refractivity contribution in [2.75, 3.05) is 5.75 Å². The Morgan fingerprint density at radius 1 is 1.25 bits per heavy atom. The maximum Gasteiger partial charge on any atom is 0.230 e. The molecule has 0 bridgehead atoms. The van der Waals surface area contributed by atoms with E-state index < -0.39 is 0 Å². The number of rotatable bonds is 6. The van der Waals surface area contributed by atoms with Crippen LogP contribution in [0.5, 0.6) is 0 Å². The third-order valence-electron chi connectivity index (χ3n) is 3.02. The van der Waals surface area contributed by atoms with Gasteiger partial charge in [0.25, 0.3) is 0 Å². The average molecular weight is 344 g/mol. The highest BCUT2D eigenvalue weighted by atomic mass is 32.2. The molecule has 0 unspecified atom stereocenters. The smallest absolute Gasteiger partial charge is 0.230 e. The summed E-state index contributed by atoms with van der Waals surface area (Å²) < 4.78 is 14.7. The number of carbonyl (C=O) groups is 1. The number of halogens is 1. The monoisotopic (exact) mass is 344 g/mol. The van der Waals surface area contributed by atoms with Gasteiger partial charge in [-0.1, -0.05) is 23.9 Å². The van der Waals surface area contributed by atoms with Crippen LogP contribution in [-0.2, 0) is 11.3 Å². The molecular formula is C15H13FN6OS. The van der Waals surface area contributed by atoms with Gasteiger partial charge in [-0.2, -0.15) is 4.68 Å². The van der Waals surface area contributed by atoms with Crippen LogP contribution in [0.4, 0.5) is 4.39 Å².